The van der Waals surface area contributed by atoms with Gasteiger partial charge in [-0.2, -0.15) is 0 Å². The van der Waals surface area contributed by atoms with Crippen LogP contribution in [-0.4, -0.2) is 44.8 Å². The first-order chi connectivity index (χ1) is 15.4. The van der Waals surface area contributed by atoms with E-state index in [4.69, 9.17) is 27.9 Å². The van der Waals surface area contributed by atoms with Gasteiger partial charge in [0.25, 0.3) is 0 Å². The normalized spacial score (nSPS) is 23.0. The largest absolute Gasteiger partial charge is 0.484 e. The minimum absolute atomic E-state index is 0.112. The number of likely N-dealkylation sites (tertiary alicyclic amines) is 1. The number of hydrogen-bond donors (Lipinski definition) is 1. The Labute approximate surface area is 198 Å². The number of fused-ring (bicyclic) bond motifs is 1. The Balaban J connectivity index is 1.44. The second kappa shape index (κ2) is 8.71. The highest BCUT2D eigenvalue weighted by atomic mass is 35.5. The standard InChI is InChI=1S/C25H27Cl2N3O2/c1-3-24-28-15(2)13-30(24)17-4-6-19(7-5-17)32-25-21-10-16(26)11-22(27)20(21)12-23(25)29-9-8-18(31)14-29/h4-7,10-11,13,18,23,25,31H,3,8-9,12,14H2,1-2H3/t18?,23-,25-/m0/s1. The summed E-state index contributed by atoms with van der Waals surface area (Å²) in [4.78, 5) is 6.91. The van der Waals surface area contributed by atoms with Gasteiger partial charge in [-0.25, -0.2) is 4.98 Å². The first kappa shape index (κ1) is 21.8. The molecule has 0 saturated carbocycles. The molecule has 0 amide bonds. The fourth-order valence-electron chi connectivity index (χ4n) is 5.00. The number of aliphatic hydroxyl groups excluding tert-OH is 1. The molecule has 3 aromatic rings. The molecule has 1 N–H and O–H groups in total. The molecule has 168 valence electrons. The Morgan fingerprint density at radius 2 is 1.97 bits per heavy atom. The van der Waals surface area contributed by atoms with Crippen LogP contribution >= 0.6 is 23.2 Å². The van der Waals surface area contributed by atoms with Crippen LogP contribution in [0.15, 0.2) is 42.6 Å². The van der Waals surface area contributed by atoms with Crippen molar-refractivity contribution in [2.45, 2.75) is 51.4 Å². The lowest BCUT2D eigenvalue weighted by molar-refractivity contribution is 0.0818. The molecule has 3 atom stereocenters. The predicted molar refractivity (Wildman–Crippen MR) is 127 cm³/mol. The summed E-state index contributed by atoms with van der Waals surface area (Å²) in [5.41, 5.74) is 4.20. The Kier molecular flexibility index (Phi) is 5.93. The van der Waals surface area contributed by atoms with Crippen molar-refractivity contribution in [3.63, 3.8) is 0 Å². The first-order valence-corrected chi connectivity index (χ1v) is 11.9. The van der Waals surface area contributed by atoms with Crippen LogP contribution in [0.3, 0.4) is 0 Å². The van der Waals surface area contributed by atoms with E-state index in [1.54, 1.807) is 6.07 Å². The average Bonchev–Trinajstić information content (AvgIpc) is 3.46. The smallest absolute Gasteiger partial charge is 0.140 e. The van der Waals surface area contributed by atoms with Crippen molar-refractivity contribution >= 4 is 23.2 Å². The van der Waals surface area contributed by atoms with Crippen molar-refractivity contribution < 1.29 is 9.84 Å². The van der Waals surface area contributed by atoms with E-state index in [1.165, 1.54) is 0 Å². The molecular formula is C25H27Cl2N3O2. The molecule has 5 nitrogen and oxygen atoms in total. The molecule has 1 fully saturated rings. The molecular weight excluding hydrogens is 445 g/mol. The van der Waals surface area contributed by atoms with Crippen LogP contribution in [0.5, 0.6) is 5.75 Å². The van der Waals surface area contributed by atoms with Crippen molar-refractivity contribution in [1.29, 1.82) is 0 Å². The fourth-order valence-corrected chi connectivity index (χ4v) is 5.59. The summed E-state index contributed by atoms with van der Waals surface area (Å²) in [5, 5.41) is 11.4. The maximum Gasteiger partial charge on any atom is 0.140 e. The second-order valence-electron chi connectivity index (χ2n) is 8.72. The van der Waals surface area contributed by atoms with E-state index in [0.717, 1.165) is 59.9 Å². The zero-order valence-electron chi connectivity index (χ0n) is 18.3. The number of rotatable bonds is 5. The van der Waals surface area contributed by atoms with E-state index < -0.39 is 0 Å². The van der Waals surface area contributed by atoms with Crippen molar-refractivity contribution in [1.82, 2.24) is 14.5 Å². The highest BCUT2D eigenvalue weighted by Crippen LogP contribution is 2.43. The van der Waals surface area contributed by atoms with E-state index in [2.05, 4.69) is 39.7 Å². The van der Waals surface area contributed by atoms with Gasteiger partial charge < -0.3 is 14.4 Å². The fraction of sp³-hybridized carbons (Fsp3) is 0.400. The molecule has 0 radical (unpaired) electrons. The molecule has 1 aromatic heterocycles. The van der Waals surface area contributed by atoms with E-state index >= 15 is 0 Å². The molecule has 7 heteroatoms. The van der Waals surface area contributed by atoms with E-state index in [9.17, 15) is 5.11 Å². The number of β-amino-alcohol motifs (C(OH)–C–C–N with tert-alkyl or cyclic N) is 1. The maximum atomic E-state index is 10.1. The third kappa shape index (κ3) is 4.03. The molecule has 32 heavy (non-hydrogen) atoms. The summed E-state index contributed by atoms with van der Waals surface area (Å²) < 4.78 is 8.68. The maximum absolute atomic E-state index is 10.1. The minimum atomic E-state index is -0.288. The van der Waals surface area contributed by atoms with Crippen molar-refractivity contribution in [3.8, 4) is 11.4 Å². The average molecular weight is 472 g/mol. The van der Waals surface area contributed by atoms with Gasteiger partial charge in [0, 0.05) is 47.0 Å². The third-order valence-electron chi connectivity index (χ3n) is 6.52. The topological polar surface area (TPSA) is 50.5 Å². The van der Waals surface area contributed by atoms with E-state index in [1.807, 2.05) is 25.1 Å². The molecule has 1 saturated heterocycles. The number of aryl methyl sites for hydroxylation is 2. The van der Waals surface area contributed by atoms with Crippen molar-refractivity contribution in [2.75, 3.05) is 13.1 Å². The van der Waals surface area contributed by atoms with Gasteiger partial charge in [-0.05, 0) is 61.7 Å². The van der Waals surface area contributed by atoms with Gasteiger partial charge in [0.2, 0.25) is 0 Å². The third-order valence-corrected chi connectivity index (χ3v) is 7.08. The number of imidazole rings is 1. The molecule has 0 bridgehead atoms. The molecule has 2 aromatic carbocycles. The number of aliphatic hydroxyl groups is 1. The van der Waals surface area contributed by atoms with Crippen LogP contribution in [0, 0.1) is 6.92 Å². The minimum Gasteiger partial charge on any atom is -0.484 e. The zero-order chi connectivity index (χ0) is 22.4. The number of nitrogens with zero attached hydrogens (tertiary/aromatic N) is 3. The van der Waals surface area contributed by atoms with Gasteiger partial charge in [0.05, 0.1) is 17.8 Å². The molecule has 1 unspecified atom stereocenters. The van der Waals surface area contributed by atoms with Gasteiger partial charge in [-0.1, -0.05) is 30.1 Å². The Hall–Kier alpha value is -2.05. The zero-order valence-corrected chi connectivity index (χ0v) is 19.8. The molecule has 2 aliphatic rings. The van der Waals surface area contributed by atoms with Gasteiger partial charge in [0.15, 0.2) is 0 Å². The summed E-state index contributed by atoms with van der Waals surface area (Å²) in [7, 11) is 0. The quantitative estimate of drug-likeness (QED) is 0.557. The van der Waals surface area contributed by atoms with Gasteiger partial charge in [-0.15, -0.1) is 0 Å². The van der Waals surface area contributed by atoms with E-state index in [0.29, 0.717) is 16.6 Å². The number of hydrogen-bond acceptors (Lipinski definition) is 4. The lowest BCUT2D eigenvalue weighted by Crippen LogP contribution is -2.39. The van der Waals surface area contributed by atoms with Crippen LogP contribution in [0.4, 0.5) is 0 Å². The summed E-state index contributed by atoms with van der Waals surface area (Å²) >= 11 is 12.9. The Morgan fingerprint density at radius 3 is 2.66 bits per heavy atom. The Morgan fingerprint density at radius 1 is 1.19 bits per heavy atom. The Bertz CT molecular complexity index is 1130. The molecule has 0 spiro atoms. The SMILES string of the molecule is CCc1nc(C)cn1-c1ccc(O[C@H]2c3cc(Cl)cc(Cl)c3C[C@@H]2N2CCC(O)C2)cc1. The molecule has 1 aliphatic carbocycles. The van der Waals surface area contributed by atoms with Crippen LogP contribution in [0.1, 0.15) is 42.1 Å². The molecule has 5 rings (SSSR count). The van der Waals surface area contributed by atoms with Crippen LogP contribution in [0.2, 0.25) is 10.0 Å². The first-order valence-electron chi connectivity index (χ1n) is 11.1. The van der Waals surface area contributed by atoms with E-state index in [-0.39, 0.29) is 18.2 Å². The van der Waals surface area contributed by atoms with Gasteiger partial charge in [-0.3, -0.25) is 4.90 Å². The summed E-state index contributed by atoms with van der Waals surface area (Å²) in [6.45, 7) is 5.63. The van der Waals surface area contributed by atoms with Gasteiger partial charge >= 0.3 is 0 Å². The monoisotopic (exact) mass is 471 g/mol. The highest BCUT2D eigenvalue weighted by Gasteiger charge is 2.41. The van der Waals surface area contributed by atoms with Crippen LogP contribution < -0.4 is 4.74 Å². The number of benzene rings is 2. The second-order valence-corrected chi connectivity index (χ2v) is 9.56. The highest BCUT2D eigenvalue weighted by molar-refractivity contribution is 6.35. The summed E-state index contributed by atoms with van der Waals surface area (Å²) in [5.74, 6) is 1.83. The number of ether oxygens (including phenoxy) is 1. The van der Waals surface area contributed by atoms with Gasteiger partial charge in [0.1, 0.15) is 17.7 Å². The predicted octanol–water partition coefficient (Wildman–Crippen LogP) is 5.16. The summed E-state index contributed by atoms with van der Waals surface area (Å²) in [6, 6.07) is 12.0. The molecule has 2 heterocycles. The van der Waals surface area contributed by atoms with Crippen molar-refractivity contribution in [2.24, 2.45) is 0 Å². The van der Waals surface area contributed by atoms with Crippen LogP contribution in [0.25, 0.3) is 5.69 Å². The number of halogens is 2. The molecule has 1 aliphatic heterocycles. The number of aromatic nitrogens is 2. The van der Waals surface area contributed by atoms with Crippen LogP contribution in [-0.2, 0) is 12.8 Å². The lowest BCUT2D eigenvalue weighted by Gasteiger charge is -2.30. The summed E-state index contributed by atoms with van der Waals surface area (Å²) in [6.07, 6.45) is 4.02. The van der Waals surface area contributed by atoms with Crippen molar-refractivity contribution in [3.05, 3.63) is 75.3 Å². The lowest BCUT2D eigenvalue weighted by atomic mass is 10.1.